The Bertz CT molecular complexity index is 1710. The number of unbranched alkanes of at least 4 members (excludes halogenated alkanes) is 2. The number of anilines is 2. The number of aliphatic hydroxyl groups excluding tert-OH is 2. The molecule has 55 heavy (non-hydrogen) atoms. The van der Waals surface area contributed by atoms with E-state index in [1.54, 1.807) is 40.9 Å². The number of nitrogens with one attached hydrogen (secondary N) is 2. The van der Waals surface area contributed by atoms with E-state index in [-0.39, 0.29) is 53.8 Å². The van der Waals surface area contributed by atoms with Gasteiger partial charge in [-0.05, 0) is 57.6 Å². The molecule has 14 nitrogen and oxygen atoms in total. The first kappa shape index (κ1) is 43.2. The second-order valence-corrected chi connectivity index (χ2v) is 14.7. The fourth-order valence-corrected chi connectivity index (χ4v) is 6.56. The summed E-state index contributed by atoms with van der Waals surface area (Å²) < 4.78 is 29.1. The Kier molecular flexibility index (Phi) is 16.1. The lowest BCUT2D eigenvalue weighted by atomic mass is 9.87. The molecule has 0 unspecified atom stereocenters. The molecule has 0 saturated carbocycles. The minimum absolute atomic E-state index is 0.0361. The van der Waals surface area contributed by atoms with Crippen LogP contribution < -0.4 is 29.5 Å². The monoisotopic (exact) mass is 782 g/mol. The van der Waals surface area contributed by atoms with Gasteiger partial charge in [-0.15, -0.1) is 0 Å². The first-order valence-corrected chi connectivity index (χ1v) is 18.9. The standard InChI is InChI=1S/C39H55BN4O10S/c1-24-13-28(21-45)43(19-24)38(47)30-15-34(50-6)36(17-32(30)41-27(4)54-23-26(3)55)52-11-9-8-10-12-53-37-18-33(42-40(5)49)31(16-35(37)51-7)39(48)44-20-25(2)14-29(44)22-46/h15-18,26,28-29,41-42,45-46,49,55H,1-2,4,8-14,19-23H2,3,5-7H3/t26-,28+,29+/m1/s1. The number of carbonyl (C=O) groups excluding carboxylic acids is 2. The zero-order valence-electron chi connectivity index (χ0n) is 32.3. The predicted octanol–water partition coefficient (Wildman–Crippen LogP) is 4.60. The Hall–Kier alpha value is -4.51. The van der Waals surface area contributed by atoms with E-state index in [0.29, 0.717) is 98.5 Å². The maximum absolute atomic E-state index is 13.8. The molecule has 2 heterocycles. The van der Waals surface area contributed by atoms with Crippen LogP contribution in [0, 0.1) is 0 Å². The van der Waals surface area contributed by atoms with Crippen molar-refractivity contribution in [1.82, 2.24) is 9.80 Å². The number of hydrogen-bond donors (Lipinski definition) is 6. The van der Waals surface area contributed by atoms with Crippen LogP contribution in [0.3, 0.4) is 0 Å². The number of rotatable bonds is 21. The molecule has 16 heteroatoms. The molecule has 4 rings (SSSR count). The van der Waals surface area contributed by atoms with Crippen LogP contribution in [0.15, 0.2) is 61.0 Å². The maximum atomic E-state index is 13.8. The van der Waals surface area contributed by atoms with Crippen LogP contribution in [-0.4, -0.2) is 122 Å². The molecule has 2 saturated heterocycles. The van der Waals surface area contributed by atoms with Gasteiger partial charge in [-0.2, -0.15) is 12.6 Å². The van der Waals surface area contributed by atoms with Gasteiger partial charge >= 0.3 is 7.05 Å². The van der Waals surface area contributed by atoms with E-state index < -0.39 is 7.05 Å². The van der Waals surface area contributed by atoms with Crippen LogP contribution >= 0.6 is 12.6 Å². The summed E-state index contributed by atoms with van der Waals surface area (Å²) in [5, 5.41) is 35.9. The molecular formula is C39H55BN4O10S. The normalized spacial score (nSPS) is 17.2. The molecule has 2 fully saturated rings. The van der Waals surface area contributed by atoms with E-state index in [2.05, 4.69) is 42.9 Å². The van der Waals surface area contributed by atoms with Gasteiger partial charge < -0.3 is 59.3 Å². The van der Waals surface area contributed by atoms with Gasteiger partial charge in [0.05, 0.1) is 69.5 Å². The SMILES string of the molecule is C=C1C[C@@H](CO)N(C(=O)c2cc(OC)c(OCCCCCOc3cc(NC(=C)OC[C@@H](C)S)c(C(=O)N4CC(=C)C[C@H]4CO)cc3OC)cc2NB(C)O)C1. The van der Waals surface area contributed by atoms with Crippen LogP contribution in [0.2, 0.25) is 6.82 Å². The number of hydrogen-bond acceptors (Lipinski definition) is 13. The molecule has 0 aromatic heterocycles. The summed E-state index contributed by atoms with van der Waals surface area (Å²) in [6.45, 7) is 16.7. The van der Waals surface area contributed by atoms with E-state index >= 15 is 0 Å². The average Bonchev–Trinajstić information content (AvgIpc) is 3.74. The van der Waals surface area contributed by atoms with Crippen molar-refractivity contribution in [1.29, 1.82) is 0 Å². The van der Waals surface area contributed by atoms with E-state index in [1.165, 1.54) is 14.2 Å². The molecule has 0 radical (unpaired) electrons. The van der Waals surface area contributed by atoms with Gasteiger partial charge in [0.1, 0.15) is 6.61 Å². The molecule has 2 aliphatic rings. The van der Waals surface area contributed by atoms with Crippen LogP contribution in [0.4, 0.5) is 11.4 Å². The minimum Gasteiger partial charge on any atom is -0.493 e. The van der Waals surface area contributed by atoms with Crippen LogP contribution in [0.1, 0.15) is 59.7 Å². The van der Waals surface area contributed by atoms with Gasteiger partial charge in [-0.25, -0.2) is 0 Å². The second-order valence-electron chi connectivity index (χ2n) is 13.8. The van der Waals surface area contributed by atoms with Gasteiger partial charge in [0.2, 0.25) is 0 Å². The van der Waals surface area contributed by atoms with Crippen LogP contribution in [0.5, 0.6) is 23.0 Å². The van der Waals surface area contributed by atoms with Gasteiger partial charge in [-0.1, -0.05) is 31.2 Å². The summed E-state index contributed by atoms with van der Waals surface area (Å²) in [6, 6.07) is 5.75. The van der Waals surface area contributed by atoms with E-state index in [1.807, 2.05) is 6.92 Å². The lowest BCUT2D eigenvalue weighted by Crippen LogP contribution is -2.38. The van der Waals surface area contributed by atoms with Gasteiger partial charge in [0.25, 0.3) is 11.8 Å². The molecule has 2 aromatic carbocycles. The van der Waals surface area contributed by atoms with Crippen molar-refractivity contribution in [2.24, 2.45) is 0 Å². The number of nitrogens with zero attached hydrogens (tertiary/aromatic N) is 2. The van der Waals surface area contributed by atoms with Gasteiger partial charge in [-0.3, -0.25) is 9.59 Å². The molecule has 300 valence electrons. The van der Waals surface area contributed by atoms with Gasteiger partial charge in [0.15, 0.2) is 28.9 Å². The number of benzene rings is 2. The fourth-order valence-electron chi connectivity index (χ4n) is 6.49. The maximum Gasteiger partial charge on any atom is 0.406 e. The lowest BCUT2D eigenvalue weighted by molar-refractivity contribution is 0.0674. The molecule has 0 aliphatic carbocycles. The summed E-state index contributed by atoms with van der Waals surface area (Å²) in [4.78, 5) is 30.6. The molecule has 0 bridgehead atoms. The smallest absolute Gasteiger partial charge is 0.406 e. The predicted molar refractivity (Wildman–Crippen MR) is 217 cm³/mol. The molecule has 2 aliphatic heterocycles. The third-order valence-corrected chi connectivity index (χ3v) is 9.32. The first-order chi connectivity index (χ1) is 26.3. The Morgan fingerprint density at radius 2 is 1.33 bits per heavy atom. The van der Waals surface area contributed by atoms with E-state index in [9.17, 15) is 24.8 Å². The summed E-state index contributed by atoms with van der Waals surface area (Å²) in [5.41, 5.74) is 3.08. The number of thiol groups is 1. The van der Waals surface area contributed by atoms with Crippen molar-refractivity contribution in [3.05, 3.63) is 72.2 Å². The van der Waals surface area contributed by atoms with E-state index in [0.717, 1.165) is 17.6 Å². The topological polar surface area (TPSA) is 172 Å². The number of methoxy groups -OCH3 is 2. The van der Waals surface area contributed by atoms with Crippen molar-refractivity contribution in [2.75, 3.05) is 70.9 Å². The largest absolute Gasteiger partial charge is 0.493 e. The Balaban J connectivity index is 1.40. The number of amides is 2. The highest BCUT2D eigenvalue weighted by Gasteiger charge is 2.34. The molecule has 3 atom stereocenters. The highest BCUT2D eigenvalue weighted by atomic mass is 32.1. The molecule has 0 spiro atoms. The number of likely N-dealkylation sites (tertiary alicyclic amines) is 2. The molecule has 2 aromatic rings. The van der Waals surface area contributed by atoms with Crippen molar-refractivity contribution in [3.8, 4) is 23.0 Å². The molecule has 2 amide bonds. The van der Waals surface area contributed by atoms with Crippen LogP contribution in [0.25, 0.3) is 0 Å². The van der Waals surface area contributed by atoms with Crippen molar-refractivity contribution in [3.63, 3.8) is 0 Å². The fraction of sp³-hybridized carbons (Fsp3) is 0.487. The Morgan fingerprint density at radius 3 is 1.76 bits per heavy atom. The quantitative estimate of drug-likeness (QED) is 0.0343. The van der Waals surface area contributed by atoms with Crippen molar-refractivity contribution >= 4 is 42.9 Å². The van der Waals surface area contributed by atoms with E-state index in [4.69, 9.17) is 23.7 Å². The summed E-state index contributed by atoms with van der Waals surface area (Å²) >= 11 is 4.36. The number of aliphatic hydroxyl groups is 2. The third-order valence-electron chi connectivity index (χ3n) is 9.17. The lowest BCUT2D eigenvalue weighted by Gasteiger charge is -2.25. The second kappa shape index (κ2) is 20.4. The zero-order valence-corrected chi connectivity index (χ0v) is 33.2. The Labute approximate surface area is 329 Å². The third kappa shape index (κ3) is 11.5. The summed E-state index contributed by atoms with van der Waals surface area (Å²) in [5.74, 6) is 1.15. The van der Waals surface area contributed by atoms with Crippen LogP contribution in [-0.2, 0) is 4.74 Å². The molecular weight excluding hydrogens is 727 g/mol. The van der Waals surface area contributed by atoms with Gasteiger partial charge in [0, 0.05) is 36.2 Å². The summed E-state index contributed by atoms with van der Waals surface area (Å²) in [6.07, 6.45) is 3.14. The highest BCUT2D eigenvalue weighted by Crippen LogP contribution is 2.38. The first-order valence-electron chi connectivity index (χ1n) is 18.4. The van der Waals surface area contributed by atoms with Crippen molar-refractivity contribution in [2.45, 2.75) is 63.2 Å². The zero-order chi connectivity index (χ0) is 40.2. The Morgan fingerprint density at radius 1 is 0.855 bits per heavy atom. The highest BCUT2D eigenvalue weighted by molar-refractivity contribution is 7.80. The summed E-state index contributed by atoms with van der Waals surface area (Å²) in [7, 11) is 2.04. The van der Waals surface area contributed by atoms with Crippen molar-refractivity contribution < 1.29 is 48.5 Å². The number of ether oxygens (including phenoxy) is 5. The minimum atomic E-state index is -0.949. The molecule has 5 N–H and O–H groups in total. The number of carbonyl (C=O) groups is 2. The average molecular weight is 783 g/mol.